The van der Waals surface area contributed by atoms with Crippen molar-refractivity contribution in [1.29, 1.82) is 0 Å². The number of pyridine rings is 1. The van der Waals surface area contributed by atoms with Gasteiger partial charge >= 0.3 is 0 Å². The lowest BCUT2D eigenvalue weighted by Gasteiger charge is -2.39. The first kappa shape index (κ1) is 14.9. The van der Waals surface area contributed by atoms with Crippen molar-refractivity contribution in [2.45, 2.75) is 38.8 Å². The molecule has 3 heteroatoms. The van der Waals surface area contributed by atoms with Crippen LogP contribution in [0.4, 0.5) is 0 Å². The number of hydrogen-bond acceptors (Lipinski definition) is 3. The van der Waals surface area contributed by atoms with E-state index in [-0.39, 0.29) is 0 Å². The molecule has 0 amide bonds. The van der Waals surface area contributed by atoms with Crippen molar-refractivity contribution >= 4 is 0 Å². The van der Waals surface area contributed by atoms with Crippen LogP contribution in [0, 0.1) is 12.3 Å². The molecule has 1 aliphatic carbocycles. The van der Waals surface area contributed by atoms with Crippen LogP contribution in [0.25, 0.3) is 0 Å². The number of nitrogens with one attached hydrogen (secondary N) is 1. The minimum Gasteiger partial charge on any atom is -0.381 e. The predicted molar refractivity (Wildman–Crippen MR) is 91.2 cm³/mol. The van der Waals surface area contributed by atoms with Crippen LogP contribution in [-0.2, 0) is 17.7 Å². The minimum absolute atomic E-state index is 0.312. The standard InChI is InChI=1S/C20H24N2O/c1-15-6-7-17(21-13-15)14-22-19-18-5-3-2-4-16(18)12-20(19)8-10-23-11-9-20/h2-7,13,19,22H,8-12,14H2,1H3. The van der Waals surface area contributed by atoms with Gasteiger partial charge in [0, 0.05) is 32.0 Å². The molecular formula is C20H24N2O. The Balaban J connectivity index is 1.58. The maximum atomic E-state index is 5.64. The van der Waals surface area contributed by atoms with Gasteiger partial charge in [-0.05, 0) is 54.4 Å². The summed E-state index contributed by atoms with van der Waals surface area (Å²) >= 11 is 0. The maximum Gasteiger partial charge on any atom is 0.0542 e. The lowest BCUT2D eigenvalue weighted by molar-refractivity contribution is -0.000278. The van der Waals surface area contributed by atoms with E-state index in [1.165, 1.54) is 23.1 Å². The fourth-order valence-corrected chi connectivity index (χ4v) is 4.17. The van der Waals surface area contributed by atoms with Crippen LogP contribution in [0.1, 0.15) is 41.3 Å². The minimum atomic E-state index is 0.312. The molecule has 1 fully saturated rings. The van der Waals surface area contributed by atoms with Crippen molar-refractivity contribution in [3.05, 3.63) is 65.0 Å². The quantitative estimate of drug-likeness (QED) is 0.941. The number of aromatic nitrogens is 1. The SMILES string of the molecule is Cc1ccc(CNC2c3ccccc3CC23CCOCC3)nc1. The van der Waals surface area contributed by atoms with Crippen molar-refractivity contribution < 1.29 is 4.74 Å². The number of rotatable bonds is 3. The van der Waals surface area contributed by atoms with E-state index in [1.54, 1.807) is 0 Å². The Hall–Kier alpha value is -1.71. The molecule has 0 radical (unpaired) electrons. The summed E-state index contributed by atoms with van der Waals surface area (Å²) in [6.07, 6.45) is 5.40. The summed E-state index contributed by atoms with van der Waals surface area (Å²) in [6.45, 7) is 4.67. The number of benzene rings is 1. The zero-order valence-corrected chi connectivity index (χ0v) is 13.7. The third-order valence-corrected chi connectivity index (χ3v) is 5.47. The van der Waals surface area contributed by atoms with Crippen LogP contribution < -0.4 is 5.32 Å². The van der Waals surface area contributed by atoms with Crippen molar-refractivity contribution in [1.82, 2.24) is 10.3 Å². The molecule has 120 valence electrons. The molecule has 23 heavy (non-hydrogen) atoms. The molecule has 1 aliphatic heterocycles. The molecule has 4 rings (SSSR count). The van der Waals surface area contributed by atoms with Gasteiger partial charge in [0.25, 0.3) is 0 Å². The smallest absolute Gasteiger partial charge is 0.0542 e. The van der Waals surface area contributed by atoms with Crippen LogP contribution in [0.3, 0.4) is 0 Å². The molecule has 0 bridgehead atoms. The molecule has 1 N–H and O–H groups in total. The molecular weight excluding hydrogens is 284 g/mol. The second-order valence-electron chi connectivity index (χ2n) is 6.99. The molecule has 1 unspecified atom stereocenters. The largest absolute Gasteiger partial charge is 0.381 e. The number of fused-ring (bicyclic) bond motifs is 1. The highest BCUT2D eigenvalue weighted by Gasteiger charge is 2.46. The van der Waals surface area contributed by atoms with E-state index in [0.717, 1.165) is 38.3 Å². The predicted octanol–water partition coefficient (Wildman–Crippen LogP) is 3.57. The Morgan fingerprint density at radius 3 is 2.78 bits per heavy atom. The van der Waals surface area contributed by atoms with Crippen molar-refractivity contribution in [3.63, 3.8) is 0 Å². The summed E-state index contributed by atoms with van der Waals surface area (Å²) in [4.78, 5) is 4.54. The van der Waals surface area contributed by atoms with E-state index in [1.807, 2.05) is 6.20 Å². The fourth-order valence-electron chi connectivity index (χ4n) is 4.17. The average molecular weight is 308 g/mol. The Bertz CT molecular complexity index is 674. The van der Waals surface area contributed by atoms with Crippen LogP contribution in [0.2, 0.25) is 0 Å². The topological polar surface area (TPSA) is 34.1 Å². The molecule has 2 aromatic rings. The van der Waals surface area contributed by atoms with Gasteiger partial charge in [0.05, 0.1) is 5.69 Å². The van der Waals surface area contributed by atoms with E-state index >= 15 is 0 Å². The zero-order valence-electron chi connectivity index (χ0n) is 13.7. The Labute approximate surface area is 138 Å². The summed E-state index contributed by atoms with van der Waals surface area (Å²) in [6, 6.07) is 13.6. The fraction of sp³-hybridized carbons (Fsp3) is 0.450. The molecule has 1 aromatic heterocycles. The molecule has 0 saturated carbocycles. The third kappa shape index (κ3) is 2.79. The molecule has 3 nitrogen and oxygen atoms in total. The van der Waals surface area contributed by atoms with Crippen molar-refractivity contribution in [2.24, 2.45) is 5.41 Å². The van der Waals surface area contributed by atoms with Gasteiger partial charge in [-0.25, -0.2) is 0 Å². The lowest BCUT2D eigenvalue weighted by Crippen LogP contribution is -2.40. The van der Waals surface area contributed by atoms with Gasteiger partial charge in [-0.15, -0.1) is 0 Å². The van der Waals surface area contributed by atoms with E-state index in [2.05, 4.69) is 53.6 Å². The summed E-state index contributed by atoms with van der Waals surface area (Å²) in [5.41, 5.74) is 5.61. The van der Waals surface area contributed by atoms with Crippen LogP contribution in [0.15, 0.2) is 42.6 Å². The summed E-state index contributed by atoms with van der Waals surface area (Å²) in [7, 11) is 0. The highest BCUT2D eigenvalue weighted by molar-refractivity contribution is 5.38. The van der Waals surface area contributed by atoms with Crippen LogP contribution >= 0.6 is 0 Å². The lowest BCUT2D eigenvalue weighted by atomic mass is 9.74. The Morgan fingerprint density at radius 1 is 1.17 bits per heavy atom. The molecule has 1 saturated heterocycles. The normalized spacial score (nSPS) is 22.2. The monoisotopic (exact) mass is 308 g/mol. The van der Waals surface area contributed by atoms with Gasteiger partial charge in [0.2, 0.25) is 0 Å². The van der Waals surface area contributed by atoms with Crippen molar-refractivity contribution in [2.75, 3.05) is 13.2 Å². The van der Waals surface area contributed by atoms with Crippen LogP contribution in [-0.4, -0.2) is 18.2 Å². The van der Waals surface area contributed by atoms with E-state index in [4.69, 9.17) is 4.74 Å². The Morgan fingerprint density at radius 2 is 2.00 bits per heavy atom. The molecule has 2 aliphatic rings. The van der Waals surface area contributed by atoms with Gasteiger partial charge in [0.1, 0.15) is 0 Å². The molecule has 1 atom stereocenters. The number of hydrogen-bond donors (Lipinski definition) is 1. The second-order valence-corrected chi connectivity index (χ2v) is 6.99. The third-order valence-electron chi connectivity index (χ3n) is 5.47. The van der Waals surface area contributed by atoms with E-state index in [0.29, 0.717) is 11.5 Å². The van der Waals surface area contributed by atoms with E-state index < -0.39 is 0 Å². The van der Waals surface area contributed by atoms with Crippen molar-refractivity contribution in [3.8, 4) is 0 Å². The van der Waals surface area contributed by atoms with E-state index in [9.17, 15) is 0 Å². The van der Waals surface area contributed by atoms with Crippen LogP contribution in [0.5, 0.6) is 0 Å². The average Bonchev–Trinajstić information content (AvgIpc) is 2.88. The highest BCUT2D eigenvalue weighted by Crippen LogP contribution is 2.51. The first-order chi connectivity index (χ1) is 11.3. The van der Waals surface area contributed by atoms with Gasteiger partial charge in [-0.3, -0.25) is 4.98 Å². The molecule has 1 spiro atoms. The van der Waals surface area contributed by atoms with Gasteiger partial charge in [0.15, 0.2) is 0 Å². The number of aryl methyl sites for hydroxylation is 1. The second kappa shape index (κ2) is 6.06. The number of nitrogens with zero attached hydrogens (tertiary/aromatic N) is 1. The summed E-state index contributed by atoms with van der Waals surface area (Å²) < 4.78 is 5.64. The first-order valence-corrected chi connectivity index (χ1v) is 8.57. The van der Waals surface area contributed by atoms with Gasteiger partial charge in [-0.1, -0.05) is 30.3 Å². The summed E-state index contributed by atoms with van der Waals surface area (Å²) in [5, 5.41) is 3.82. The maximum absolute atomic E-state index is 5.64. The van der Waals surface area contributed by atoms with Gasteiger partial charge < -0.3 is 10.1 Å². The highest BCUT2D eigenvalue weighted by atomic mass is 16.5. The molecule has 2 heterocycles. The van der Waals surface area contributed by atoms with Gasteiger partial charge in [-0.2, -0.15) is 0 Å². The first-order valence-electron chi connectivity index (χ1n) is 8.57. The Kier molecular flexibility index (Phi) is 3.92. The molecule has 1 aromatic carbocycles. The number of ether oxygens (including phenoxy) is 1. The summed E-state index contributed by atoms with van der Waals surface area (Å²) in [5.74, 6) is 0. The zero-order chi connectivity index (χ0) is 15.7.